The third-order valence-corrected chi connectivity index (χ3v) is 6.43. The van der Waals surface area contributed by atoms with Gasteiger partial charge in [-0.1, -0.05) is 18.1 Å². The van der Waals surface area contributed by atoms with Gasteiger partial charge in [0.2, 0.25) is 0 Å². The average Bonchev–Trinajstić information content (AvgIpc) is 2.71. The third-order valence-electron chi connectivity index (χ3n) is 6.43. The van der Waals surface area contributed by atoms with Crippen LogP contribution in [-0.4, -0.2) is 15.6 Å². The van der Waals surface area contributed by atoms with E-state index in [1.165, 1.54) is 44.2 Å². The molecule has 148 valence electrons. The monoisotopic (exact) mass is 384 g/mol. The molecule has 28 heavy (non-hydrogen) atoms. The van der Waals surface area contributed by atoms with Gasteiger partial charge in [0.15, 0.2) is 0 Å². The van der Waals surface area contributed by atoms with E-state index in [0.717, 1.165) is 31.0 Å². The first-order valence-electron chi connectivity index (χ1n) is 9.99. The predicted molar refractivity (Wildman–Crippen MR) is 106 cm³/mol. The molecule has 1 aromatic rings. The van der Waals surface area contributed by atoms with Crippen LogP contribution in [0.3, 0.4) is 0 Å². The first kappa shape index (κ1) is 18.6. The first-order valence-corrected chi connectivity index (χ1v) is 9.99. The Kier molecular flexibility index (Phi) is 5.11. The number of benzene rings is 1. The van der Waals surface area contributed by atoms with Gasteiger partial charge in [-0.25, -0.2) is 0 Å². The Hall–Kier alpha value is -2.77. The average molecular weight is 384 g/mol. The molecule has 1 N–H and O–H groups in total. The molecule has 8 nitrogen and oxygen atoms in total. The van der Waals surface area contributed by atoms with E-state index in [1.54, 1.807) is 5.57 Å². The van der Waals surface area contributed by atoms with Crippen molar-refractivity contribution in [2.24, 2.45) is 22.9 Å². The van der Waals surface area contributed by atoms with Crippen LogP contribution in [0.4, 0.5) is 17.1 Å². The lowest BCUT2D eigenvalue weighted by atomic mass is 9.61. The number of nitrogens with zero attached hydrogens (tertiary/aromatic N) is 3. The number of nitro groups is 2. The Labute approximate surface area is 163 Å². The second-order valence-corrected chi connectivity index (χ2v) is 7.98. The summed E-state index contributed by atoms with van der Waals surface area (Å²) in [5.74, 6) is 1.58. The number of non-ortho nitro benzene ring substituents is 1. The quantitative estimate of drug-likeness (QED) is 0.435. The molecule has 0 saturated heterocycles. The number of anilines is 1. The van der Waals surface area contributed by atoms with E-state index in [2.05, 4.69) is 16.6 Å². The van der Waals surface area contributed by atoms with Crippen LogP contribution in [0.5, 0.6) is 0 Å². The fraction of sp³-hybridized carbons (Fsp3) is 0.550. The van der Waals surface area contributed by atoms with Gasteiger partial charge in [0.25, 0.3) is 5.69 Å². The normalized spacial score (nSPS) is 28.1. The summed E-state index contributed by atoms with van der Waals surface area (Å²) in [5.41, 5.74) is 5.10. The van der Waals surface area contributed by atoms with E-state index in [1.807, 2.05) is 0 Å². The van der Waals surface area contributed by atoms with Crippen LogP contribution in [0.2, 0.25) is 0 Å². The van der Waals surface area contributed by atoms with Gasteiger partial charge in [0, 0.05) is 17.7 Å². The third kappa shape index (κ3) is 3.50. The Bertz CT molecular complexity index is 864. The fourth-order valence-electron chi connectivity index (χ4n) is 5.16. The van der Waals surface area contributed by atoms with Gasteiger partial charge < -0.3 is 0 Å². The van der Waals surface area contributed by atoms with Crippen molar-refractivity contribution < 1.29 is 9.85 Å². The molecule has 4 rings (SSSR count). The van der Waals surface area contributed by atoms with Gasteiger partial charge in [-0.2, -0.15) is 5.10 Å². The van der Waals surface area contributed by atoms with E-state index < -0.39 is 9.85 Å². The highest BCUT2D eigenvalue weighted by atomic mass is 16.6. The van der Waals surface area contributed by atoms with Crippen LogP contribution in [0.1, 0.15) is 51.4 Å². The SMILES string of the molecule is O=[N+]([O-])c1ccc(N/N=C2/CCC[C@@H]3CC=C4CCCC[C@@H]4[C@@H]23)c([N+](=O)[O-])c1. The molecule has 0 spiro atoms. The van der Waals surface area contributed by atoms with Gasteiger partial charge in [-0.3, -0.25) is 25.7 Å². The van der Waals surface area contributed by atoms with Gasteiger partial charge >= 0.3 is 5.69 Å². The summed E-state index contributed by atoms with van der Waals surface area (Å²) in [6.07, 6.45) is 11.6. The predicted octanol–water partition coefficient (Wildman–Crippen LogP) is 5.21. The zero-order valence-electron chi connectivity index (χ0n) is 15.7. The van der Waals surface area contributed by atoms with Crippen LogP contribution < -0.4 is 5.43 Å². The maximum absolute atomic E-state index is 11.4. The second kappa shape index (κ2) is 7.69. The highest BCUT2D eigenvalue weighted by Gasteiger charge is 2.40. The minimum Gasteiger partial charge on any atom is -0.272 e. The molecule has 2 saturated carbocycles. The molecule has 2 fully saturated rings. The minimum absolute atomic E-state index is 0.195. The maximum atomic E-state index is 11.4. The Morgan fingerprint density at radius 3 is 2.68 bits per heavy atom. The highest BCUT2D eigenvalue weighted by molar-refractivity contribution is 5.89. The zero-order chi connectivity index (χ0) is 19.7. The summed E-state index contributed by atoms with van der Waals surface area (Å²) in [5, 5.41) is 26.9. The summed E-state index contributed by atoms with van der Waals surface area (Å²) in [6, 6.07) is 3.62. The standard InChI is InChI=1S/C20H24N4O4/c25-23(26)15-10-11-17(19(12-15)24(27)28)21-22-18-7-3-5-14-9-8-13-4-1-2-6-16(13)20(14)18/h8,10-12,14,16,20-21H,1-7,9H2/b22-18-/t14-,16+,20+/m1/s1. The van der Waals surface area contributed by atoms with Gasteiger partial charge in [-0.05, 0) is 62.8 Å². The minimum atomic E-state index is -0.632. The molecule has 0 unspecified atom stereocenters. The summed E-state index contributed by atoms with van der Waals surface area (Å²) >= 11 is 0. The number of allylic oxidation sites excluding steroid dienone is 2. The highest BCUT2D eigenvalue weighted by Crippen LogP contribution is 2.47. The fourth-order valence-corrected chi connectivity index (χ4v) is 5.16. The number of hydrogen-bond donors (Lipinski definition) is 1. The molecule has 3 atom stereocenters. The van der Waals surface area contributed by atoms with Crippen molar-refractivity contribution in [1.29, 1.82) is 0 Å². The Balaban J connectivity index is 1.61. The molecular weight excluding hydrogens is 360 g/mol. The lowest BCUT2D eigenvalue weighted by Crippen LogP contribution is -2.39. The van der Waals surface area contributed by atoms with Crippen molar-refractivity contribution >= 4 is 22.8 Å². The molecule has 0 aromatic heterocycles. The lowest BCUT2D eigenvalue weighted by molar-refractivity contribution is -0.393. The van der Waals surface area contributed by atoms with E-state index >= 15 is 0 Å². The van der Waals surface area contributed by atoms with E-state index in [-0.39, 0.29) is 17.1 Å². The van der Waals surface area contributed by atoms with Crippen LogP contribution in [-0.2, 0) is 0 Å². The molecule has 0 heterocycles. The largest absolute Gasteiger partial charge is 0.301 e. The number of hydrazone groups is 1. The van der Waals surface area contributed by atoms with Crippen LogP contribution >= 0.6 is 0 Å². The van der Waals surface area contributed by atoms with Crippen molar-refractivity contribution in [3.05, 3.63) is 50.1 Å². The molecule has 0 bridgehead atoms. The number of nitro benzene ring substituents is 2. The van der Waals surface area contributed by atoms with Gasteiger partial charge in [0.05, 0.1) is 15.9 Å². The number of rotatable bonds is 4. The van der Waals surface area contributed by atoms with E-state index in [4.69, 9.17) is 0 Å². The van der Waals surface area contributed by atoms with Crippen LogP contribution in [0, 0.1) is 38.0 Å². The first-order chi connectivity index (χ1) is 13.5. The Morgan fingerprint density at radius 1 is 1.04 bits per heavy atom. The van der Waals surface area contributed by atoms with Crippen molar-refractivity contribution in [2.45, 2.75) is 51.4 Å². The Morgan fingerprint density at radius 2 is 1.89 bits per heavy atom. The van der Waals surface area contributed by atoms with Gasteiger partial charge in [0.1, 0.15) is 5.69 Å². The molecular formula is C20H24N4O4. The molecule has 0 radical (unpaired) electrons. The maximum Gasteiger partial charge on any atom is 0.301 e. The molecule has 0 amide bonds. The van der Waals surface area contributed by atoms with Crippen molar-refractivity contribution in [1.82, 2.24) is 0 Å². The van der Waals surface area contributed by atoms with E-state index in [0.29, 0.717) is 17.8 Å². The number of fused-ring (bicyclic) bond motifs is 3. The smallest absolute Gasteiger partial charge is 0.272 e. The van der Waals surface area contributed by atoms with Crippen molar-refractivity contribution in [3.8, 4) is 0 Å². The topological polar surface area (TPSA) is 111 Å². The summed E-state index contributed by atoms with van der Waals surface area (Å²) in [4.78, 5) is 21.0. The number of hydrogen-bond acceptors (Lipinski definition) is 6. The molecule has 3 aliphatic carbocycles. The van der Waals surface area contributed by atoms with Crippen LogP contribution in [0.15, 0.2) is 34.9 Å². The molecule has 0 aliphatic heterocycles. The zero-order valence-corrected chi connectivity index (χ0v) is 15.7. The lowest BCUT2D eigenvalue weighted by Gasteiger charge is -2.44. The second-order valence-electron chi connectivity index (χ2n) is 7.98. The van der Waals surface area contributed by atoms with E-state index in [9.17, 15) is 20.2 Å². The van der Waals surface area contributed by atoms with Crippen LogP contribution in [0.25, 0.3) is 0 Å². The summed E-state index contributed by atoms with van der Waals surface area (Å²) in [7, 11) is 0. The summed E-state index contributed by atoms with van der Waals surface area (Å²) in [6.45, 7) is 0. The van der Waals surface area contributed by atoms with Gasteiger partial charge in [-0.15, -0.1) is 0 Å². The molecule has 8 heteroatoms. The molecule has 3 aliphatic rings. The van der Waals surface area contributed by atoms with Crippen molar-refractivity contribution in [3.63, 3.8) is 0 Å². The van der Waals surface area contributed by atoms with Crippen molar-refractivity contribution in [2.75, 3.05) is 5.43 Å². The molecule has 1 aromatic carbocycles. The number of nitrogens with one attached hydrogen (secondary N) is 1. The summed E-state index contributed by atoms with van der Waals surface area (Å²) < 4.78 is 0.